The normalized spacial score (nSPS) is 11.0. The van der Waals surface area contributed by atoms with Crippen molar-refractivity contribution in [3.63, 3.8) is 0 Å². The molecular formula is C19H21N3OS2. The van der Waals surface area contributed by atoms with Gasteiger partial charge in [-0.1, -0.05) is 30.3 Å². The molecule has 1 amide bonds. The monoisotopic (exact) mass is 371 g/mol. The van der Waals surface area contributed by atoms with Crippen molar-refractivity contribution in [2.45, 2.75) is 13.0 Å². The van der Waals surface area contributed by atoms with E-state index in [1.807, 2.05) is 29.0 Å². The number of likely N-dealkylation sites (N-methyl/N-ethyl adjacent to an activating group) is 1. The van der Waals surface area contributed by atoms with Gasteiger partial charge in [-0.2, -0.15) is 11.3 Å². The standard InChI is InChI=1S/C19H21N3OS2/c1-22(12-15-5-3-2-4-6-15)9-8-20-18(23)11-17-14-25-19(21-17)16-7-10-24-13-16/h2-7,10,13-14H,8-9,11-12H2,1H3,(H,20,23). The fraction of sp³-hybridized carbons (Fsp3) is 0.263. The van der Waals surface area contributed by atoms with E-state index in [-0.39, 0.29) is 5.91 Å². The second-order valence-corrected chi connectivity index (χ2v) is 7.54. The number of amides is 1. The van der Waals surface area contributed by atoms with Crippen molar-refractivity contribution in [3.05, 3.63) is 63.8 Å². The summed E-state index contributed by atoms with van der Waals surface area (Å²) in [5.41, 5.74) is 3.24. The molecule has 3 aromatic rings. The lowest BCUT2D eigenvalue weighted by Crippen LogP contribution is -2.33. The number of aromatic nitrogens is 1. The van der Waals surface area contributed by atoms with E-state index in [1.54, 1.807) is 22.7 Å². The zero-order valence-electron chi connectivity index (χ0n) is 14.1. The summed E-state index contributed by atoms with van der Waals surface area (Å²) < 4.78 is 0. The molecule has 0 saturated heterocycles. The molecule has 0 aliphatic carbocycles. The third kappa shape index (κ3) is 5.49. The SMILES string of the molecule is CN(CCNC(=O)Cc1csc(-c2ccsc2)n1)Cc1ccccc1. The van der Waals surface area contributed by atoms with Gasteiger partial charge in [0.15, 0.2) is 0 Å². The first-order valence-electron chi connectivity index (χ1n) is 8.17. The van der Waals surface area contributed by atoms with Crippen molar-refractivity contribution in [1.29, 1.82) is 0 Å². The number of thiophene rings is 1. The van der Waals surface area contributed by atoms with Crippen LogP contribution in [0.2, 0.25) is 0 Å². The predicted molar refractivity (Wildman–Crippen MR) is 105 cm³/mol. The summed E-state index contributed by atoms with van der Waals surface area (Å²) in [6, 6.07) is 12.4. The molecular weight excluding hydrogens is 350 g/mol. The van der Waals surface area contributed by atoms with Crippen LogP contribution in [-0.2, 0) is 17.8 Å². The highest BCUT2D eigenvalue weighted by Crippen LogP contribution is 2.25. The molecule has 0 aliphatic rings. The Bertz CT molecular complexity index is 784. The number of hydrogen-bond donors (Lipinski definition) is 1. The van der Waals surface area contributed by atoms with Gasteiger partial charge in [0.05, 0.1) is 12.1 Å². The second kappa shape index (κ2) is 8.89. The van der Waals surface area contributed by atoms with Crippen LogP contribution in [0.15, 0.2) is 52.5 Å². The molecule has 0 atom stereocenters. The Kier molecular flexibility index (Phi) is 6.33. The van der Waals surface area contributed by atoms with E-state index < -0.39 is 0 Å². The van der Waals surface area contributed by atoms with E-state index in [0.717, 1.165) is 29.4 Å². The average molecular weight is 372 g/mol. The van der Waals surface area contributed by atoms with Crippen LogP contribution in [-0.4, -0.2) is 35.9 Å². The Balaban J connectivity index is 1.39. The quantitative estimate of drug-likeness (QED) is 0.657. The summed E-state index contributed by atoms with van der Waals surface area (Å²) in [6.45, 7) is 2.34. The smallest absolute Gasteiger partial charge is 0.226 e. The third-order valence-electron chi connectivity index (χ3n) is 3.77. The lowest BCUT2D eigenvalue weighted by atomic mass is 10.2. The number of hydrogen-bond acceptors (Lipinski definition) is 5. The van der Waals surface area contributed by atoms with Crippen LogP contribution in [0.25, 0.3) is 10.6 Å². The lowest BCUT2D eigenvalue weighted by molar-refractivity contribution is -0.120. The van der Waals surface area contributed by atoms with Gasteiger partial charge in [-0.15, -0.1) is 11.3 Å². The lowest BCUT2D eigenvalue weighted by Gasteiger charge is -2.16. The minimum Gasteiger partial charge on any atom is -0.354 e. The van der Waals surface area contributed by atoms with Crippen LogP contribution >= 0.6 is 22.7 Å². The van der Waals surface area contributed by atoms with Crippen molar-refractivity contribution in [1.82, 2.24) is 15.2 Å². The largest absolute Gasteiger partial charge is 0.354 e. The molecule has 0 spiro atoms. The van der Waals surface area contributed by atoms with Gasteiger partial charge in [0.25, 0.3) is 0 Å². The van der Waals surface area contributed by atoms with Crippen molar-refractivity contribution >= 4 is 28.6 Å². The van der Waals surface area contributed by atoms with E-state index >= 15 is 0 Å². The van der Waals surface area contributed by atoms with Crippen LogP contribution in [0.3, 0.4) is 0 Å². The van der Waals surface area contributed by atoms with Gasteiger partial charge in [0.2, 0.25) is 5.91 Å². The summed E-state index contributed by atoms with van der Waals surface area (Å²) in [5, 5.41) is 10.0. The van der Waals surface area contributed by atoms with Crippen molar-refractivity contribution in [2.75, 3.05) is 20.1 Å². The van der Waals surface area contributed by atoms with Gasteiger partial charge in [-0.05, 0) is 24.1 Å². The summed E-state index contributed by atoms with van der Waals surface area (Å²) >= 11 is 3.24. The van der Waals surface area contributed by atoms with Gasteiger partial charge in [0.1, 0.15) is 5.01 Å². The number of nitrogens with one attached hydrogen (secondary N) is 1. The van der Waals surface area contributed by atoms with Gasteiger partial charge in [-0.3, -0.25) is 4.79 Å². The molecule has 6 heteroatoms. The van der Waals surface area contributed by atoms with E-state index in [9.17, 15) is 4.79 Å². The number of nitrogens with zero attached hydrogens (tertiary/aromatic N) is 2. The first-order valence-corrected chi connectivity index (χ1v) is 9.99. The number of carbonyl (C=O) groups is 1. The molecule has 2 aromatic heterocycles. The maximum Gasteiger partial charge on any atom is 0.226 e. The maximum absolute atomic E-state index is 12.1. The summed E-state index contributed by atoms with van der Waals surface area (Å²) in [4.78, 5) is 18.8. The van der Waals surface area contributed by atoms with Crippen LogP contribution in [0.1, 0.15) is 11.3 Å². The second-order valence-electron chi connectivity index (χ2n) is 5.91. The van der Waals surface area contributed by atoms with E-state index in [0.29, 0.717) is 13.0 Å². The summed E-state index contributed by atoms with van der Waals surface area (Å²) in [6.07, 6.45) is 0.336. The van der Waals surface area contributed by atoms with Crippen LogP contribution < -0.4 is 5.32 Å². The molecule has 0 unspecified atom stereocenters. The molecule has 130 valence electrons. The number of carbonyl (C=O) groups excluding carboxylic acids is 1. The Labute approximate surface area is 156 Å². The van der Waals surface area contributed by atoms with Gasteiger partial charge in [0, 0.05) is 36.0 Å². The number of benzene rings is 1. The molecule has 1 N–H and O–H groups in total. The van der Waals surface area contributed by atoms with Crippen molar-refractivity contribution in [2.24, 2.45) is 0 Å². The van der Waals surface area contributed by atoms with Gasteiger partial charge in [-0.25, -0.2) is 4.98 Å². The Morgan fingerprint density at radius 2 is 2.04 bits per heavy atom. The Morgan fingerprint density at radius 1 is 1.20 bits per heavy atom. The zero-order valence-corrected chi connectivity index (χ0v) is 15.8. The summed E-state index contributed by atoms with van der Waals surface area (Å²) in [5.74, 6) is 0.0234. The van der Waals surface area contributed by atoms with Crippen molar-refractivity contribution in [3.8, 4) is 10.6 Å². The first-order chi connectivity index (χ1) is 12.2. The molecule has 4 nitrogen and oxygen atoms in total. The topological polar surface area (TPSA) is 45.2 Å². The fourth-order valence-electron chi connectivity index (χ4n) is 2.49. The molecule has 0 bridgehead atoms. The van der Waals surface area contributed by atoms with Crippen LogP contribution in [0.5, 0.6) is 0 Å². The molecule has 2 heterocycles. The van der Waals surface area contributed by atoms with Crippen molar-refractivity contribution < 1.29 is 4.79 Å². The Morgan fingerprint density at radius 3 is 2.80 bits per heavy atom. The van der Waals surface area contributed by atoms with E-state index in [4.69, 9.17) is 0 Å². The predicted octanol–water partition coefficient (Wildman–Crippen LogP) is 3.66. The molecule has 0 fully saturated rings. The molecule has 25 heavy (non-hydrogen) atoms. The molecule has 3 rings (SSSR count). The average Bonchev–Trinajstić information content (AvgIpc) is 3.27. The van der Waals surface area contributed by atoms with Gasteiger partial charge >= 0.3 is 0 Å². The maximum atomic E-state index is 12.1. The highest BCUT2D eigenvalue weighted by molar-refractivity contribution is 7.14. The number of rotatable bonds is 8. The molecule has 1 aromatic carbocycles. The van der Waals surface area contributed by atoms with E-state index in [2.05, 4.69) is 45.8 Å². The summed E-state index contributed by atoms with van der Waals surface area (Å²) in [7, 11) is 2.06. The minimum absolute atomic E-state index is 0.0234. The third-order valence-corrected chi connectivity index (χ3v) is 5.40. The van der Waals surface area contributed by atoms with Crippen LogP contribution in [0, 0.1) is 0 Å². The zero-order chi connectivity index (χ0) is 17.5. The number of thiazole rings is 1. The Hall–Kier alpha value is -2.02. The van der Waals surface area contributed by atoms with E-state index in [1.165, 1.54) is 5.56 Å². The highest BCUT2D eigenvalue weighted by atomic mass is 32.1. The molecule has 0 saturated carbocycles. The first kappa shape index (κ1) is 17.8. The highest BCUT2D eigenvalue weighted by Gasteiger charge is 2.09. The van der Waals surface area contributed by atoms with Gasteiger partial charge < -0.3 is 10.2 Å². The fourth-order valence-corrected chi connectivity index (χ4v) is 4.03. The van der Waals surface area contributed by atoms with Crippen LogP contribution in [0.4, 0.5) is 0 Å². The molecule has 0 radical (unpaired) electrons. The minimum atomic E-state index is 0.0234. The molecule has 0 aliphatic heterocycles.